The molecular weight excluding hydrogens is 238 g/mol. The first kappa shape index (κ1) is 13.3. The molecule has 0 atom stereocenters. The van der Waals surface area contributed by atoms with E-state index in [1.165, 1.54) is 5.56 Å². The molecule has 0 amide bonds. The van der Waals surface area contributed by atoms with Crippen LogP contribution in [0.15, 0.2) is 24.4 Å². The van der Waals surface area contributed by atoms with Crippen LogP contribution in [0, 0.1) is 13.8 Å². The normalized spacial score (nSPS) is 10.6. The molecule has 5 nitrogen and oxygen atoms in total. The third kappa shape index (κ3) is 3.64. The van der Waals surface area contributed by atoms with Gasteiger partial charge in [0, 0.05) is 11.7 Å². The summed E-state index contributed by atoms with van der Waals surface area (Å²) in [5, 5.41) is 14.4. The molecule has 0 fully saturated rings. The highest BCUT2D eigenvalue weighted by atomic mass is 15.3. The Morgan fingerprint density at radius 2 is 1.95 bits per heavy atom. The molecular formula is C14H19N5. The molecule has 0 spiro atoms. The number of aromatic nitrogens is 3. The van der Waals surface area contributed by atoms with Crippen molar-refractivity contribution in [3.63, 3.8) is 0 Å². The fourth-order valence-corrected chi connectivity index (χ4v) is 1.71. The Bertz CT molecular complexity index is 566. The molecule has 5 heteroatoms. The Balaban J connectivity index is 2.21. The molecule has 2 aromatic rings. The zero-order valence-corrected chi connectivity index (χ0v) is 11.7. The first-order valence-corrected chi connectivity index (χ1v) is 6.35. The van der Waals surface area contributed by atoms with Gasteiger partial charge < -0.3 is 10.6 Å². The van der Waals surface area contributed by atoms with Gasteiger partial charge in [-0.1, -0.05) is 12.1 Å². The van der Waals surface area contributed by atoms with E-state index in [0.29, 0.717) is 12.0 Å². The van der Waals surface area contributed by atoms with Crippen molar-refractivity contribution in [1.82, 2.24) is 15.2 Å². The number of benzene rings is 1. The summed E-state index contributed by atoms with van der Waals surface area (Å²) >= 11 is 0. The molecule has 0 aliphatic carbocycles. The van der Waals surface area contributed by atoms with Gasteiger partial charge in [0.05, 0.1) is 6.20 Å². The highest BCUT2D eigenvalue weighted by Crippen LogP contribution is 2.19. The molecule has 2 N–H and O–H groups in total. The Hall–Kier alpha value is -2.17. The van der Waals surface area contributed by atoms with Crippen LogP contribution in [0.4, 0.5) is 17.5 Å². The number of nitrogens with zero attached hydrogens (tertiary/aromatic N) is 3. The second-order valence-corrected chi connectivity index (χ2v) is 4.91. The van der Waals surface area contributed by atoms with Crippen molar-refractivity contribution in [3.8, 4) is 0 Å². The highest BCUT2D eigenvalue weighted by molar-refractivity contribution is 5.59. The maximum atomic E-state index is 4.38. The standard InChI is InChI=1S/C14H19N5/c1-9(2)16-13-8-15-19-14(18-13)17-12-7-10(3)5-6-11(12)4/h5-9H,1-4H3,(H2,16,17,18,19). The van der Waals surface area contributed by atoms with Gasteiger partial charge in [0.15, 0.2) is 5.82 Å². The van der Waals surface area contributed by atoms with E-state index in [0.717, 1.165) is 17.1 Å². The molecule has 1 aromatic heterocycles. The third-order valence-electron chi connectivity index (χ3n) is 2.63. The summed E-state index contributed by atoms with van der Waals surface area (Å²) in [5.74, 6) is 1.22. The van der Waals surface area contributed by atoms with Gasteiger partial charge in [-0.15, -0.1) is 5.10 Å². The summed E-state index contributed by atoms with van der Waals surface area (Å²) in [5.41, 5.74) is 3.34. The summed E-state index contributed by atoms with van der Waals surface area (Å²) in [4.78, 5) is 4.38. The zero-order valence-electron chi connectivity index (χ0n) is 11.7. The molecule has 0 saturated carbocycles. The first-order valence-electron chi connectivity index (χ1n) is 6.35. The lowest BCUT2D eigenvalue weighted by Crippen LogP contribution is -2.12. The molecule has 0 saturated heterocycles. The summed E-state index contributed by atoms with van der Waals surface area (Å²) in [6, 6.07) is 6.53. The minimum atomic E-state index is 0.310. The molecule has 100 valence electrons. The average molecular weight is 257 g/mol. The molecule has 0 aliphatic rings. The van der Waals surface area contributed by atoms with Crippen molar-refractivity contribution in [2.24, 2.45) is 0 Å². The Kier molecular flexibility index (Phi) is 3.94. The largest absolute Gasteiger partial charge is 0.366 e. The van der Waals surface area contributed by atoms with Crippen LogP contribution in [0.2, 0.25) is 0 Å². The van der Waals surface area contributed by atoms with Gasteiger partial charge >= 0.3 is 0 Å². The predicted octanol–water partition coefficient (Wildman–Crippen LogP) is 3.05. The van der Waals surface area contributed by atoms with Crippen LogP contribution in [-0.4, -0.2) is 21.2 Å². The monoisotopic (exact) mass is 257 g/mol. The average Bonchev–Trinajstić information content (AvgIpc) is 2.33. The molecule has 1 heterocycles. The summed E-state index contributed by atoms with van der Waals surface area (Å²) in [7, 11) is 0. The molecule has 0 bridgehead atoms. The van der Waals surface area contributed by atoms with Crippen LogP contribution < -0.4 is 10.6 Å². The van der Waals surface area contributed by atoms with Crippen molar-refractivity contribution < 1.29 is 0 Å². The molecule has 19 heavy (non-hydrogen) atoms. The molecule has 2 rings (SSSR count). The van der Waals surface area contributed by atoms with Crippen LogP contribution in [0.1, 0.15) is 25.0 Å². The minimum absolute atomic E-state index is 0.310. The van der Waals surface area contributed by atoms with Gasteiger partial charge in [0.2, 0.25) is 5.95 Å². The third-order valence-corrected chi connectivity index (χ3v) is 2.63. The Labute approximate surface area is 113 Å². The smallest absolute Gasteiger partial charge is 0.249 e. The van der Waals surface area contributed by atoms with E-state index >= 15 is 0 Å². The van der Waals surface area contributed by atoms with Crippen molar-refractivity contribution in [2.45, 2.75) is 33.7 Å². The lowest BCUT2D eigenvalue weighted by Gasteiger charge is -2.11. The molecule has 0 unspecified atom stereocenters. The van der Waals surface area contributed by atoms with Gasteiger partial charge in [0.1, 0.15) is 0 Å². The van der Waals surface area contributed by atoms with E-state index < -0.39 is 0 Å². The number of rotatable bonds is 4. The van der Waals surface area contributed by atoms with Crippen LogP contribution in [-0.2, 0) is 0 Å². The van der Waals surface area contributed by atoms with Crippen molar-refractivity contribution in [1.29, 1.82) is 0 Å². The molecule has 0 radical (unpaired) electrons. The number of hydrogen-bond donors (Lipinski definition) is 2. The van der Waals surface area contributed by atoms with Gasteiger partial charge in [0.25, 0.3) is 0 Å². The van der Waals surface area contributed by atoms with Crippen LogP contribution in [0.5, 0.6) is 0 Å². The lowest BCUT2D eigenvalue weighted by atomic mass is 10.1. The summed E-state index contributed by atoms with van der Waals surface area (Å²) < 4.78 is 0. The topological polar surface area (TPSA) is 62.7 Å². The van der Waals surface area contributed by atoms with E-state index in [-0.39, 0.29) is 0 Å². The van der Waals surface area contributed by atoms with E-state index in [9.17, 15) is 0 Å². The first-order chi connectivity index (χ1) is 9.04. The summed E-state index contributed by atoms with van der Waals surface area (Å²) in [6.45, 7) is 8.21. The van der Waals surface area contributed by atoms with E-state index in [4.69, 9.17) is 0 Å². The maximum absolute atomic E-state index is 4.38. The van der Waals surface area contributed by atoms with Crippen LogP contribution >= 0.6 is 0 Å². The molecule has 0 aliphatic heterocycles. The number of aryl methyl sites for hydroxylation is 2. The van der Waals surface area contributed by atoms with Gasteiger partial charge in [-0.3, -0.25) is 0 Å². The van der Waals surface area contributed by atoms with E-state index in [2.05, 4.69) is 64.8 Å². The number of anilines is 3. The number of hydrogen-bond acceptors (Lipinski definition) is 5. The van der Waals surface area contributed by atoms with Crippen LogP contribution in [0.25, 0.3) is 0 Å². The summed E-state index contributed by atoms with van der Waals surface area (Å²) in [6.07, 6.45) is 1.62. The van der Waals surface area contributed by atoms with Gasteiger partial charge in [-0.2, -0.15) is 10.1 Å². The quantitative estimate of drug-likeness (QED) is 0.881. The van der Waals surface area contributed by atoms with Gasteiger partial charge in [-0.05, 0) is 44.9 Å². The second kappa shape index (κ2) is 5.65. The van der Waals surface area contributed by atoms with Gasteiger partial charge in [-0.25, -0.2) is 0 Å². The van der Waals surface area contributed by atoms with Crippen molar-refractivity contribution >= 4 is 17.5 Å². The minimum Gasteiger partial charge on any atom is -0.366 e. The second-order valence-electron chi connectivity index (χ2n) is 4.91. The maximum Gasteiger partial charge on any atom is 0.249 e. The SMILES string of the molecule is Cc1ccc(C)c(Nc2nncc(NC(C)C)n2)c1. The van der Waals surface area contributed by atoms with Crippen molar-refractivity contribution in [3.05, 3.63) is 35.5 Å². The Morgan fingerprint density at radius 3 is 2.68 bits per heavy atom. The van der Waals surface area contributed by atoms with E-state index in [1.807, 2.05) is 6.92 Å². The fraction of sp³-hybridized carbons (Fsp3) is 0.357. The lowest BCUT2D eigenvalue weighted by molar-refractivity contribution is 0.873. The fourth-order valence-electron chi connectivity index (χ4n) is 1.71. The molecule has 1 aromatic carbocycles. The number of nitrogens with one attached hydrogen (secondary N) is 2. The van der Waals surface area contributed by atoms with E-state index in [1.54, 1.807) is 6.20 Å². The predicted molar refractivity (Wildman–Crippen MR) is 77.8 cm³/mol. The zero-order chi connectivity index (χ0) is 13.8. The van der Waals surface area contributed by atoms with Crippen molar-refractivity contribution in [2.75, 3.05) is 10.6 Å². The Morgan fingerprint density at radius 1 is 1.16 bits per heavy atom. The highest BCUT2D eigenvalue weighted by Gasteiger charge is 2.04. The van der Waals surface area contributed by atoms with Crippen LogP contribution in [0.3, 0.4) is 0 Å².